The first-order valence-corrected chi connectivity index (χ1v) is 11.5. The Labute approximate surface area is 186 Å². The Morgan fingerprint density at radius 2 is 2.00 bits per heavy atom. The van der Waals surface area contributed by atoms with E-state index in [1.54, 1.807) is 6.07 Å². The lowest BCUT2D eigenvalue weighted by Gasteiger charge is -2.16. The predicted octanol–water partition coefficient (Wildman–Crippen LogP) is 5.97. The zero-order chi connectivity index (χ0) is 20.9. The van der Waals surface area contributed by atoms with Crippen LogP contribution in [0.15, 0.2) is 53.7 Å². The van der Waals surface area contributed by atoms with Gasteiger partial charge in [0.05, 0.1) is 0 Å². The van der Waals surface area contributed by atoms with Gasteiger partial charge in [-0.15, -0.1) is 5.10 Å². The summed E-state index contributed by atoms with van der Waals surface area (Å²) in [6.07, 6.45) is 6.06. The number of aromatic amines is 1. The zero-order valence-corrected chi connectivity index (χ0v) is 18.5. The molecule has 1 atom stereocenters. The van der Waals surface area contributed by atoms with Gasteiger partial charge < -0.3 is 5.32 Å². The van der Waals surface area contributed by atoms with E-state index in [4.69, 9.17) is 11.6 Å². The van der Waals surface area contributed by atoms with E-state index in [9.17, 15) is 4.79 Å². The van der Waals surface area contributed by atoms with E-state index >= 15 is 0 Å². The molecular formula is C23H25ClN4OS. The summed E-state index contributed by atoms with van der Waals surface area (Å²) < 4.78 is 0. The van der Waals surface area contributed by atoms with Crippen LogP contribution in [-0.2, 0) is 11.2 Å². The second-order valence-corrected chi connectivity index (χ2v) is 9.26. The number of aryl methyl sites for hydroxylation is 1. The molecule has 2 N–H and O–H groups in total. The van der Waals surface area contributed by atoms with Crippen LogP contribution in [0.1, 0.15) is 47.9 Å². The number of carbonyl (C=O) groups excluding carboxylic acids is 1. The summed E-state index contributed by atoms with van der Waals surface area (Å²) in [5.41, 5.74) is 2.55. The van der Waals surface area contributed by atoms with E-state index in [2.05, 4.69) is 20.5 Å². The van der Waals surface area contributed by atoms with Crippen molar-refractivity contribution in [3.8, 4) is 0 Å². The van der Waals surface area contributed by atoms with Crippen molar-refractivity contribution in [2.45, 2.75) is 49.4 Å². The quantitative estimate of drug-likeness (QED) is 0.444. The summed E-state index contributed by atoms with van der Waals surface area (Å²) in [4.78, 5) is 17.8. The molecule has 1 aliphatic carbocycles. The average Bonchev–Trinajstić information content (AvgIpc) is 3.42. The molecule has 1 amide bonds. The van der Waals surface area contributed by atoms with Crippen molar-refractivity contribution < 1.29 is 4.79 Å². The average molecular weight is 441 g/mol. The fourth-order valence-electron chi connectivity index (χ4n) is 3.79. The lowest BCUT2D eigenvalue weighted by Crippen LogP contribution is -2.19. The number of rotatable bonds is 7. The largest absolute Gasteiger partial charge is 0.325 e. The van der Waals surface area contributed by atoms with Crippen molar-refractivity contribution in [3.63, 3.8) is 0 Å². The van der Waals surface area contributed by atoms with Gasteiger partial charge in [-0.2, -0.15) is 0 Å². The van der Waals surface area contributed by atoms with Gasteiger partial charge >= 0.3 is 0 Å². The number of thioether (sulfide) groups is 1. The van der Waals surface area contributed by atoms with Crippen LogP contribution in [0.2, 0.25) is 5.02 Å². The first kappa shape index (κ1) is 20.9. The minimum Gasteiger partial charge on any atom is -0.325 e. The molecule has 1 heterocycles. The Morgan fingerprint density at radius 3 is 2.73 bits per heavy atom. The lowest BCUT2D eigenvalue weighted by atomic mass is 10.0. The number of hydrogen-bond donors (Lipinski definition) is 2. The molecule has 1 aromatic heterocycles. The Morgan fingerprint density at radius 1 is 1.23 bits per heavy atom. The monoisotopic (exact) mass is 440 g/mol. The van der Waals surface area contributed by atoms with E-state index in [0.717, 1.165) is 23.4 Å². The SMILES string of the molecule is Cc1ccc(NC(=O)C(Sc2n[nH]c(CC3CCCC3)n2)c2ccccc2)cc1Cl. The number of anilines is 1. The third-order valence-corrected chi connectivity index (χ3v) is 6.99. The number of nitrogens with zero attached hydrogens (tertiary/aromatic N) is 2. The highest BCUT2D eigenvalue weighted by Crippen LogP contribution is 2.35. The maximum absolute atomic E-state index is 13.2. The van der Waals surface area contributed by atoms with Gasteiger partial charge in [-0.1, -0.05) is 85.4 Å². The maximum atomic E-state index is 13.2. The molecule has 3 aromatic rings. The second kappa shape index (κ2) is 9.67. The van der Waals surface area contributed by atoms with Gasteiger partial charge in [-0.05, 0) is 36.1 Å². The molecule has 2 aromatic carbocycles. The van der Waals surface area contributed by atoms with Gasteiger partial charge in [-0.3, -0.25) is 9.89 Å². The van der Waals surface area contributed by atoms with Crippen LogP contribution in [0.25, 0.3) is 0 Å². The fraction of sp³-hybridized carbons (Fsp3) is 0.348. The van der Waals surface area contributed by atoms with Crippen LogP contribution < -0.4 is 5.32 Å². The topological polar surface area (TPSA) is 70.7 Å². The van der Waals surface area contributed by atoms with Crippen LogP contribution in [0.4, 0.5) is 5.69 Å². The van der Waals surface area contributed by atoms with Crippen molar-refractivity contribution in [3.05, 3.63) is 70.5 Å². The Bertz CT molecular complexity index is 1000. The highest BCUT2D eigenvalue weighted by atomic mass is 35.5. The maximum Gasteiger partial charge on any atom is 0.242 e. The van der Waals surface area contributed by atoms with Crippen molar-refractivity contribution in [2.24, 2.45) is 5.92 Å². The summed E-state index contributed by atoms with van der Waals surface area (Å²) >= 11 is 7.57. The van der Waals surface area contributed by atoms with E-state index in [0.29, 0.717) is 21.8 Å². The molecule has 156 valence electrons. The number of hydrogen-bond acceptors (Lipinski definition) is 4. The van der Waals surface area contributed by atoms with Gasteiger partial charge in [0.15, 0.2) is 0 Å². The van der Waals surface area contributed by atoms with E-state index in [1.165, 1.54) is 37.4 Å². The fourth-order valence-corrected chi connectivity index (χ4v) is 4.91. The van der Waals surface area contributed by atoms with Gasteiger partial charge in [0, 0.05) is 17.1 Å². The molecule has 0 spiro atoms. The molecule has 1 fully saturated rings. The molecule has 4 rings (SSSR count). The van der Waals surface area contributed by atoms with Crippen LogP contribution in [0.5, 0.6) is 0 Å². The summed E-state index contributed by atoms with van der Waals surface area (Å²) in [6, 6.07) is 15.2. The minimum atomic E-state index is -0.471. The Hall–Kier alpha value is -2.31. The summed E-state index contributed by atoms with van der Waals surface area (Å²) in [7, 11) is 0. The normalized spacial score (nSPS) is 15.3. The summed E-state index contributed by atoms with van der Waals surface area (Å²) in [5.74, 6) is 1.46. The summed E-state index contributed by atoms with van der Waals surface area (Å²) in [6.45, 7) is 1.93. The number of benzene rings is 2. The van der Waals surface area contributed by atoms with Crippen molar-refractivity contribution in [2.75, 3.05) is 5.32 Å². The Kier molecular flexibility index (Phi) is 6.75. The van der Waals surface area contributed by atoms with Gasteiger partial charge in [-0.25, -0.2) is 4.98 Å². The van der Waals surface area contributed by atoms with E-state index in [1.807, 2.05) is 49.4 Å². The molecular weight excluding hydrogens is 416 g/mol. The first-order chi connectivity index (χ1) is 14.6. The zero-order valence-electron chi connectivity index (χ0n) is 16.9. The molecule has 1 unspecified atom stereocenters. The standard InChI is InChI=1S/C23H25ClN4OS/c1-15-11-12-18(14-19(15)24)25-22(29)21(17-9-3-2-4-10-17)30-23-26-20(27-28-23)13-16-7-5-6-8-16/h2-4,9-12,14,16,21H,5-8,13H2,1H3,(H,25,29)(H,26,27,28). The number of carbonyl (C=O) groups is 1. The summed E-state index contributed by atoms with van der Waals surface area (Å²) in [5, 5.41) is 11.2. The molecule has 0 radical (unpaired) electrons. The molecule has 7 heteroatoms. The molecule has 0 saturated heterocycles. The predicted molar refractivity (Wildman–Crippen MR) is 122 cm³/mol. The van der Waals surface area contributed by atoms with Crippen molar-refractivity contribution in [1.82, 2.24) is 15.2 Å². The number of nitrogens with one attached hydrogen (secondary N) is 2. The lowest BCUT2D eigenvalue weighted by molar-refractivity contribution is -0.115. The van der Waals surface area contributed by atoms with Crippen LogP contribution >= 0.6 is 23.4 Å². The number of amides is 1. The molecule has 1 aliphatic rings. The number of H-pyrrole nitrogens is 1. The van der Waals surface area contributed by atoms with Gasteiger partial charge in [0.2, 0.25) is 11.1 Å². The molecule has 0 bridgehead atoms. The molecule has 0 aliphatic heterocycles. The molecule has 1 saturated carbocycles. The van der Waals surface area contributed by atoms with Crippen LogP contribution in [0, 0.1) is 12.8 Å². The molecule has 5 nitrogen and oxygen atoms in total. The molecule has 30 heavy (non-hydrogen) atoms. The third-order valence-electron chi connectivity index (χ3n) is 5.47. The number of halogens is 1. The van der Waals surface area contributed by atoms with Gasteiger partial charge in [0.1, 0.15) is 11.1 Å². The smallest absolute Gasteiger partial charge is 0.242 e. The first-order valence-electron chi connectivity index (χ1n) is 10.3. The van der Waals surface area contributed by atoms with Crippen molar-refractivity contribution >= 4 is 35.0 Å². The van der Waals surface area contributed by atoms with Crippen molar-refractivity contribution in [1.29, 1.82) is 0 Å². The highest BCUT2D eigenvalue weighted by molar-refractivity contribution is 8.00. The van der Waals surface area contributed by atoms with E-state index < -0.39 is 5.25 Å². The number of aromatic nitrogens is 3. The van der Waals surface area contributed by atoms with Gasteiger partial charge in [0.25, 0.3) is 0 Å². The Balaban J connectivity index is 1.50. The second-order valence-electron chi connectivity index (χ2n) is 7.78. The van der Waals surface area contributed by atoms with Crippen LogP contribution in [0.3, 0.4) is 0 Å². The van der Waals surface area contributed by atoms with Crippen LogP contribution in [-0.4, -0.2) is 21.1 Å². The minimum absolute atomic E-state index is 0.131. The van der Waals surface area contributed by atoms with E-state index in [-0.39, 0.29) is 5.91 Å². The highest BCUT2D eigenvalue weighted by Gasteiger charge is 2.25. The third kappa shape index (κ3) is 5.24.